The molecule has 0 aliphatic heterocycles. The molecule has 0 amide bonds. The minimum Gasteiger partial charge on any atom is -0.322 e. The predicted molar refractivity (Wildman–Crippen MR) is 49.3 cm³/mol. The van der Waals surface area contributed by atoms with Crippen molar-refractivity contribution in [3.63, 3.8) is 0 Å². The molecule has 0 heterocycles. The van der Waals surface area contributed by atoms with Gasteiger partial charge in [0.15, 0.2) is 0 Å². The van der Waals surface area contributed by atoms with Crippen LogP contribution in [0.2, 0.25) is 0 Å². The molecule has 1 atom stereocenters. The second-order valence-electron chi connectivity index (χ2n) is 3.33. The summed E-state index contributed by atoms with van der Waals surface area (Å²) < 4.78 is 0. The molecule has 0 saturated carbocycles. The van der Waals surface area contributed by atoms with Gasteiger partial charge < -0.3 is 5.73 Å². The van der Waals surface area contributed by atoms with Crippen molar-refractivity contribution in [3.05, 3.63) is 24.3 Å². The first kappa shape index (κ1) is 8.54. The average molecular weight is 151 g/mol. The Morgan fingerprint density at radius 1 is 1.45 bits per heavy atom. The van der Waals surface area contributed by atoms with Crippen molar-refractivity contribution >= 4 is 0 Å². The Balaban J connectivity index is 2.40. The van der Waals surface area contributed by atoms with Crippen LogP contribution in [0, 0.1) is 0 Å². The summed E-state index contributed by atoms with van der Waals surface area (Å²) in [6, 6.07) is 0. The van der Waals surface area contributed by atoms with E-state index >= 15 is 0 Å². The topological polar surface area (TPSA) is 26.0 Å². The van der Waals surface area contributed by atoms with Gasteiger partial charge in [0, 0.05) is 5.54 Å². The van der Waals surface area contributed by atoms with Crippen LogP contribution in [0.3, 0.4) is 0 Å². The van der Waals surface area contributed by atoms with Crippen molar-refractivity contribution in [2.24, 2.45) is 5.73 Å². The highest BCUT2D eigenvalue weighted by atomic mass is 14.7. The molecule has 0 radical (unpaired) electrons. The van der Waals surface area contributed by atoms with Crippen LogP contribution in [0.4, 0.5) is 0 Å². The van der Waals surface area contributed by atoms with Crippen molar-refractivity contribution in [2.75, 3.05) is 0 Å². The third-order valence-electron chi connectivity index (χ3n) is 2.17. The monoisotopic (exact) mass is 151 g/mol. The van der Waals surface area contributed by atoms with E-state index < -0.39 is 0 Å². The molecule has 1 aliphatic rings. The Morgan fingerprint density at radius 2 is 2.27 bits per heavy atom. The Bertz CT molecular complexity index is 170. The van der Waals surface area contributed by atoms with E-state index in [0.29, 0.717) is 0 Å². The average Bonchev–Trinajstić information content (AvgIpc) is 2.03. The molecule has 0 bridgehead atoms. The van der Waals surface area contributed by atoms with Gasteiger partial charge in [-0.2, -0.15) is 0 Å². The Hall–Kier alpha value is -0.560. The standard InChI is InChI=1S/C10H17N/c1-2-3-7-10(11)8-5-4-6-9-10/h4-6,8H,2-3,7,9,11H2,1H3. The summed E-state index contributed by atoms with van der Waals surface area (Å²) in [6.07, 6.45) is 13.0. The molecular formula is C10H17N. The molecule has 62 valence electrons. The zero-order valence-electron chi connectivity index (χ0n) is 7.22. The maximum atomic E-state index is 6.11. The van der Waals surface area contributed by atoms with Crippen molar-refractivity contribution in [3.8, 4) is 0 Å². The number of hydrogen-bond acceptors (Lipinski definition) is 1. The fourth-order valence-corrected chi connectivity index (χ4v) is 1.37. The summed E-state index contributed by atoms with van der Waals surface area (Å²) in [5.74, 6) is 0. The van der Waals surface area contributed by atoms with Crippen molar-refractivity contribution in [1.82, 2.24) is 0 Å². The molecule has 1 unspecified atom stereocenters. The van der Waals surface area contributed by atoms with Crippen LogP contribution >= 0.6 is 0 Å². The molecule has 0 fully saturated rings. The molecule has 0 aromatic carbocycles. The second kappa shape index (κ2) is 3.72. The highest BCUT2D eigenvalue weighted by Gasteiger charge is 2.19. The quantitative estimate of drug-likeness (QED) is 0.658. The smallest absolute Gasteiger partial charge is 0.0377 e. The van der Waals surface area contributed by atoms with Gasteiger partial charge in [-0.3, -0.25) is 0 Å². The van der Waals surface area contributed by atoms with Gasteiger partial charge in [0.1, 0.15) is 0 Å². The fourth-order valence-electron chi connectivity index (χ4n) is 1.37. The van der Waals surface area contributed by atoms with Gasteiger partial charge in [-0.1, -0.05) is 44.1 Å². The van der Waals surface area contributed by atoms with Gasteiger partial charge in [0.05, 0.1) is 0 Å². The van der Waals surface area contributed by atoms with Gasteiger partial charge >= 0.3 is 0 Å². The summed E-state index contributed by atoms with van der Waals surface area (Å²) in [6.45, 7) is 2.20. The van der Waals surface area contributed by atoms with E-state index in [0.717, 1.165) is 12.8 Å². The summed E-state index contributed by atoms with van der Waals surface area (Å²) in [7, 11) is 0. The van der Waals surface area contributed by atoms with E-state index in [1.54, 1.807) is 0 Å². The Labute approximate surface area is 69.0 Å². The Kier molecular flexibility index (Phi) is 2.89. The maximum absolute atomic E-state index is 6.11. The van der Waals surface area contributed by atoms with Gasteiger partial charge in [-0.15, -0.1) is 0 Å². The van der Waals surface area contributed by atoms with Crippen LogP contribution in [-0.4, -0.2) is 5.54 Å². The van der Waals surface area contributed by atoms with Crippen LogP contribution in [-0.2, 0) is 0 Å². The maximum Gasteiger partial charge on any atom is 0.0377 e. The van der Waals surface area contributed by atoms with E-state index in [2.05, 4.69) is 31.2 Å². The molecule has 1 rings (SSSR count). The minimum absolute atomic E-state index is 0.0369. The summed E-state index contributed by atoms with van der Waals surface area (Å²) in [5, 5.41) is 0. The largest absolute Gasteiger partial charge is 0.322 e. The second-order valence-corrected chi connectivity index (χ2v) is 3.33. The highest BCUT2D eigenvalue weighted by molar-refractivity contribution is 5.19. The Morgan fingerprint density at radius 3 is 2.82 bits per heavy atom. The van der Waals surface area contributed by atoms with Gasteiger partial charge in [-0.05, 0) is 12.8 Å². The molecule has 0 saturated heterocycles. The van der Waals surface area contributed by atoms with E-state index in [1.807, 2.05) is 0 Å². The first-order valence-electron chi connectivity index (χ1n) is 4.40. The summed E-state index contributed by atoms with van der Waals surface area (Å²) >= 11 is 0. The third-order valence-corrected chi connectivity index (χ3v) is 2.17. The third kappa shape index (κ3) is 2.51. The predicted octanol–water partition coefficient (Wildman–Crippen LogP) is 2.39. The number of nitrogens with two attached hydrogens (primary N) is 1. The molecular weight excluding hydrogens is 134 g/mol. The van der Waals surface area contributed by atoms with Crippen molar-refractivity contribution in [2.45, 2.75) is 38.1 Å². The highest BCUT2D eigenvalue weighted by Crippen LogP contribution is 2.20. The molecule has 2 N–H and O–H groups in total. The van der Waals surface area contributed by atoms with Crippen LogP contribution in [0.5, 0.6) is 0 Å². The lowest BCUT2D eigenvalue weighted by molar-refractivity contribution is 0.467. The minimum atomic E-state index is -0.0369. The molecule has 1 nitrogen and oxygen atoms in total. The first-order valence-corrected chi connectivity index (χ1v) is 4.40. The zero-order valence-corrected chi connectivity index (χ0v) is 7.22. The van der Waals surface area contributed by atoms with E-state index in [4.69, 9.17) is 5.73 Å². The molecule has 1 aliphatic carbocycles. The van der Waals surface area contributed by atoms with E-state index in [1.165, 1.54) is 12.8 Å². The lowest BCUT2D eigenvalue weighted by Gasteiger charge is -2.25. The molecule has 0 aromatic rings. The SMILES string of the molecule is CCCCC1(N)C=CC=CC1. The van der Waals surface area contributed by atoms with Gasteiger partial charge in [-0.25, -0.2) is 0 Å². The van der Waals surface area contributed by atoms with Crippen LogP contribution in [0.1, 0.15) is 32.6 Å². The first-order chi connectivity index (χ1) is 5.27. The van der Waals surface area contributed by atoms with Crippen LogP contribution in [0.15, 0.2) is 24.3 Å². The lowest BCUT2D eigenvalue weighted by atomic mass is 9.87. The van der Waals surface area contributed by atoms with Gasteiger partial charge in [0.25, 0.3) is 0 Å². The summed E-state index contributed by atoms with van der Waals surface area (Å²) in [4.78, 5) is 0. The molecule has 1 heteroatoms. The molecule has 11 heavy (non-hydrogen) atoms. The number of allylic oxidation sites excluding steroid dienone is 2. The van der Waals surface area contributed by atoms with Crippen LogP contribution < -0.4 is 5.73 Å². The van der Waals surface area contributed by atoms with E-state index in [-0.39, 0.29) is 5.54 Å². The summed E-state index contributed by atoms with van der Waals surface area (Å²) in [5.41, 5.74) is 6.07. The fraction of sp³-hybridized carbons (Fsp3) is 0.600. The molecule has 0 aromatic heterocycles. The number of unbranched alkanes of at least 4 members (excludes halogenated alkanes) is 1. The molecule has 0 spiro atoms. The zero-order chi connectivity index (χ0) is 8.16. The van der Waals surface area contributed by atoms with Crippen LogP contribution in [0.25, 0.3) is 0 Å². The van der Waals surface area contributed by atoms with E-state index in [9.17, 15) is 0 Å². The number of rotatable bonds is 3. The number of hydrogen-bond donors (Lipinski definition) is 1. The van der Waals surface area contributed by atoms with Gasteiger partial charge in [0.2, 0.25) is 0 Å². The normalized spacial score (nSPS) is 29.3. The van der Waals surface area contributed by atoms with Crippen molar-refractivity contribution in [1.29, 1.82) is 0 Å². The lowest BCUT2D eigenvalue weighted by Crippen LogP contribution is -2.37. The van der Waals surface area contributed by atoms with Crippen molar-refractivity contribution < 1.29 is 0 Å².